The van der Waals surface area contributed by atoms with E-state index in [0.717, 1.165) is 19.3 Å². The fourth-order valence-corrected chi connectivity index (χ4v) is 4.84. The number of nitrogens with one attached hydrogen (secondary N) is 1. The molecule has 0 unspecified atom stereocenters. The Labute approximate surface area is 157 Å². The number of amides is 1. The molecule has 0 radical (unpaired) electrons. The van der Waals surface area contributed by atoms with Crippen LogP contribution in [0.1, 0.15) is 19.3 Å². The van der Waals surface area contributed by atoms with E-state index in [4.69, 9.17) is 0 Å². The van der Waals surface area contributed by atoms with Crippen molar-refractivity contribution in [2.45, 2.75) is 29.3 Å². The highest BCUT2D eigenvalue weighted by Crippen LogP contribution is 2.23. The van der Waals surface area contributed by atoms with Crippen molar-refractivity contribution in [3.63, 3.8) is 0 Å². The highest BCUT2D eigenvalue weighted by molar-refractivity contribution is 7.99. The van der Waals surface area contributed by atoms with Crippen molar-refractivity contribution >= 4 is 33.4 Å². The molecule has 0 saturated carbocycles. The second-order valence-corrected chi connectivity index (χ2v) is 8.74. The van der Waals surface area contributed by atoms with Crippen LogP contribution in [0.3, 0.4) is 0 Å². The van der Waals surface area contributed by atoms with Crippen LogP contribution in [-0.2, 0) is 14.8 Å². The number of aromatic nitrogens is 2. The summed E-state index contributed by atoms with van der Waals surface area (Å²) in [5.41, 5.74) is 0.461. The van der Waals surface area contributed by atoms with Gasteiger partial charge in [0.15, 0.2) is 5.16 Å². The van der Waals surface area contributed by atoms with Crippen molar-refractivity contribution < 1.29 is 13.2 Å². The van der Waals surface area contributed by atoms with Crippen molar-refractivity contribution in [1.82, 2.24) is 14.3 Å². The summed E-state index contributed by atoms with van der Waals surface area (Å²) in [4.78, 5) is 20.4. The number of rotatable bonds is 6. The minimum atomic E-state index is -3.52. The number of hydrogen-bond acceptors (Lipinski definition) is 6. The molecule has 1 amide bonds. The first kappa shape index (κ1) is 18.8. The Morgan fingerprint density at radius 3 is 2.58 bits per heavy atom. The minimum absolute atomic E-state index is 0.146. The van der Waals surface area contributed by atoms with Gasteiger partial charge >= 0.3 is 0 Å². The molecular formula is C17H20N4O3S2. The van der Waals surface area contributed by atoms with E-state index < -0.39 is 10.0 Å². The Morgan fingerprint density at radius 2 is 1.85 bits per heavy atom. The van der Waals surface area contributed by atoms with E-state index in [1.54, 1.807) is 36.7 Å². The molecule has 2 heterocycles. The lowest BCUT2D eigenvalue weighted by Crippen LogP contribution is -2.35. The molecule has 0 aliphatic carbocycles. The van der Waals surface area contributed by atoms with Gasteiger partial charge in [0.05, 0.1) is 10.6 Å². The maximum atomic E-state index is 12.7. The van der Waals surface area contributed by atoms with E-state index in [0.29, 0.717) is 23.9 Å². The van der Waals surface area contributed by atoms with Crippen molar-refractivity contribution in [1.29, 1.82) is 0 Å². The first-order valence-electron chi connectivity index (χ1n) is 8.35. The Kier molecular flexibility index (Phi) is 6.23. The quantitative estimate of drug-likeness (QED) is 0.599. The highest BCUT2D eigenvalue weighted by Gasteiger charge is 2.26. The predicted octanol–water partition coefficient (Wildman–Crippen LogP) is 2.38. The number of nitrogens with zero attached hydrogens (tertiary/aromatic N) is 3. The summed E-state index contributed by atoms with van der Waals surface area (Å²) in [6, 6.07) is 8.09. The molecular weight excluding hydrogens is 372 g/mol. The lowest BCUT2D eigenvalue weighted by molar-refractivity contribution is -0.113. The molecule has 0 spiro atoms. The number of hydrogen-bond donors (Lipinski definition) is 1. The average molecular weight is 393 g/mol. The van der Waals surface area contributed by atoms with Crippen LogP contribution in [0.25, 0.3) is 0 Å². The maximum Gasteiger partial charge on any atom is 0.243 e. The molecule has 3 rings (SSSR count). The van der Waals surface area contributed by atoms with E-state index >= 15 is 0 Å². The lowest BCUT2D eigenvalue weighted by Gasteiger charge is -2.26. The molecule has 1 fully saturated rings. The summed E-state index contributed by atoms with van der Waals surface area (Å²) in [5.74, 6) is -0.0948. The zero-order valence-electron chi connectivity index (χ0n) is 14.2. The standard InChI is InChI=1S/C17H20N4O3S2/c22-16(13-25-17-18-8-5-9-19-17)20-14-6-4-7-15(12-14)26(23,24)21-10-2-1-3-11-21/h4-9,12H,1-3,10-11,13H2,(H,20,22). The van der Waals surface area contributed by atoms with Crippen LogP contribution in [0.4, 0.5) is 5.69 Å². The van der Waals surface area contributed by atoms with Gasteiger partial charge in [0, 0.05) is 31.2 Å². The molecule has 138 valence electrons. The number of benzene rings is 1. The van der Waals surface area contributed by atoms with Crippen LogP contribution in [0.15, 0.2) is 52.8 Å². The molecule has 7 nitrogen and oxygen atoms in total. The van der Waals surface area contributed by atoms with Crippen LogP contribution < -0.4 is 5.32 Å². The van der Waals surface area contributed by atoms with Crippen molar-refractivity contribution in [2.24, 2.45) is 0 Å². The summed E-state index contributed by atoms with van der Waals surface area (Å²) in [5, 5.41) is 3.25. The lowest BCUT2D eigenvalue weighted by atomic mass is 10.2. The van der Waals surface area contributed by atoms with Gasteiger partial charge in [0.25, 0.3) is 0 Å². The van der Waals surface area contributed by atoms with E-state index in [-0.39, 0.29) is 16.6 Å². The van der Waals surface area contributed by atoms with Gasteiger partial charge in [-0.15, -0.1) is 0 Å². The van der Waals surface area contributed by atoms with Crippen LogP contribution in [0.2, 0.25) is 0 Å². The van der Waals surface area contributed by atoms with Crippen molar-refractivity contribution in [2.75, 3.05) is 24.2 Å². The fraction of sp³-hybridized carbons (Fsp3) is 0.353. The fourth-order valence-electron chi connectivity index (χ4n) is 2.68. The Hall–Kier alpha value is -1.97. The molecule has 1 N–H and O–H groups in total. The second-order valence-electron chi connectivity index (χ2n) is 5.86. The Morgan fingerprint density at radius 1 is 1.12 bits per heavy atom. The van der Waals surface area contributed by atoms with Crippen LogP contribution in [0.5, 0.6) is 0 Å². The first-order chi connectivity index (χ1) is 12.6. The SMILES string of the molecule is O=C(CSc1ncccn1)Nc1cccc(S(=O)(=O)N2CCCCC2)c1. The molecule has 26 heavy (non-hydrogen) atoms. The normalized spacial score (nSPS) is 15.5. The van der Waals surface area contributed by atoms with Gasteiger partial charge < -0.3 is 5.32 Å². The first-order valence-corrected chi connectivity index (χ1v) is 10.8. The van der Waals surface area contributed by atoms with Gasteiger partial charge in [-0.1, -0.05) is 24.2 Å². The van der Waals surface area contributed by atoms with Crippen molar-refractivity contribution in [3.8, 4) is 0 Å². The molecule has 1 saturated heterocycles. The molecule has 1 aliphatic heterocycles. The maximum absolute atomic E-state index is 12.7. The molecule has 2 aromatic rings. The zero-order valence-corrected chi connectivity index (χ0v) is 15.8. The molecule has 1 aromatic carbocycles. The number of carbonyl (C=O) groups excluding carboxylic acids is 1. The minimum Gasteiger partial charge on any atom is -0.325 e. The third-order valence-corrected chi connectivity index (χ3v) is 6.72. The average Bonchev–Trinajstić information content (AvgIpc) is 2.68. The van der Waals surface area contributed by atoms with Crippen LogP contribution in [0, 0.1) is 0 Å². The van der Waals surface area contributed by atoms with Gasteiger partial charge in [0.1, 0.15) is 0 Å². The van der Waals surface area contributed by atoms with Gasteiger partial charge in [-0.05, 0) is 37.1 Å². The van der Waals surface area contributed by atoms with Gasteiger partial charge in [0.2, 0.25) is 15.9 Å². The third kappa shape index (κ3) is 4.80. The Bertz CT molecular complexity index is 853. The van der Waals surface area contributed by atoms with E-state index in [9.17, 15) is 13.2 Å². The topological polar surface area (TPSA) is 92.3 Å². The largest absolute Gasteiger partial charge is 0.325 e. The van der Waals surface area contributed by atoms with Crippen LogP contribution >= 0.6 is 11.8 Å². The van der Waals surface area contributed by atoms with Crippen LogP contribution in [-0.4, -0.2) is 47.4 Å². The van der Waals surface area contributed by atoms with Gasteiger partial charge in [-0.2, -0.15) is 4.31 Å². The summed E-state index contributed by atoms with van der Waals surface area (Å²) >= 11 is 1.22. The predicted molar refractivity (Wildman–Crippen MR) is 100 cm³/mol. The highest BCUT2D eigenvalue weighted by atomic mass is 32.2. The monoisotopic (exact) mass is 392 g/mol. The summed E-state index contributed by atoms with van der Waals surface area (Å²) in [6.45, 7) is 1.10. The summed E-state index contributed by atoms with van der Waals surface area (Å²) < 4.78 is 27.0. The number of anilines is 1. The second kappa shape index (κ2) is 8.61. The number of carbonyl (C=O) groups is 1. The summed E-state index contributed by atoms with van der Waals surface area (Å²) in [7, 11) is -3.52. The molecule has 0 bridgehead atoms. The zero-order chi connectivity index (χ0) is 18.4. The molecule has 9 heteroatoms. The molecule has 0 atom stereocenters. The van der Waals surface area contributed by atoms with E-state index in [1.807, 2.05) is 0 Å². The molecule has 1 aromatic heterocycles. The van der Waals surface area contributed by atoms with Gasteiger partial charge in [-0.25, -0.2) is 18.4 Å². The third-order valence-electron chi connectivity index (χ3n) is 3.95. The number of thioether (sulfide) groups is 1. The van der Waals surface area contributed by atoms with Gasteiger partial charge in [-0.3, -0.25) is 4.79 Å². The Balaban J connectivity index is 1.64. The van der Waals surface area contributed by atoms with Crippen molar-refractivity contribution in [3.05, 3.63) is 42.7 Å². The number of piperidine rings is 1. The summed E-state index contributed by atoms with van der Waals surface area (Å²) in [6.07, 6.45) is 6.05. The number of sulfonamides is 1. The van der Waals surface area contributed by atoms with E-state index in [1.165, 1.54) is 22.1 Å². The smallest absolute Gasteiger partial charge is 0.243 e. The molecule has 1 aliphatic rings. The van der Waals surface area contributed by atoms with E-state index in [2.05, 4.69) is 15.3 Å².